The number of hydrogen-bond donors (Lipinski definition) is 1. The molecule has 0 unspecified atom stereocenters. The van der Waals surface area contributed by atoms with Gasteiger partial charge in [-0.15, -0.1) is 0 Å². The second kappa shape index (κ2) is 8.58. The molecule has 156 valence electrons. The van der Waals surface area contributed by atoms with Crippen LogP contribution in [0.25, 0.3) is 0 Å². The summed E-state index contributed by atoms with van der Waals surface area (Å²) in [7, 11) is 0. The average Bonchev–Trinajstić information content (AvgIpc) is 2.30. The number of carbonyl (C=O) groups is 4. The largest absolute Gasteiger partial charge is 0.481 e. The van der Waals surface area contributed by atoms with Crippen molar-refractivity contribution in [2.45, 2.75) is 91.6 Å². The third kappa shape index (κ3) is 10.4. The molecule has 0 aliphatic carbocycles. The first kappa shape index (κ1) is 24.7. The zero-order valence-electron chi connectivity index (χ0n) is 17.5. The van der Waals surface area contributed by atoms with Crippen molar-refractivity contribution in [3.63, 3.8) is 0 Å². The molecule has 0 spiro atoms. The Morgan fingerprint density at radius 2 is 1.07 bits per heavy atom. The lowest BCUT2D eigenvalue weighted by molar-refractivity contribution is -0.163. The maximum absolute atomic E-state index is 12.6. The van der Waals surface area contributed by atoms with E-state index in [1.165, 1.54) is 0 Å². The normalized spacial score (nSPS) is 13.4. The van der Waals surface area contributed by atoms with Crippen LogP contribution in [-0.2, 0) is 23.8 Å². The number of nitrogens with zero attached hydrogens (tertiary/aromatic N) is 1. The maximum atomic E-state index is 12.6. The van der Waals surface area contributed by atoms with Crippen LogP contribution < -0.4 is 0 Å². The highest BCUT2D eigenvalue weighted by atomic mass is 16.6. The number of imide groups is 1. The van der Waals surface area contributed by atoms with Crippen LogP contribution in [0.15, 0.2) is 0 Å². The van der Waals surface area contributed by atoms with Crippen molar-refractivity contribution in [3.05, 3.63) is 0 Å². The Labute approximate surface area is 159 Å². The van der Waals surface area contributed by atoms with Gasteiger partial charge in [0.1, 0.15) is 16.8 Å². The van der Waals surface area contributed by atoms with Gasteiger partial charge in [0.15, 0.2) is 6.04 Å². The van der Waals surface area contributed by atoms with Crippen LogP contribution in [-0.4, -0.2) is 57.0 Å². The smallest absolute Gasteiger partial charge is 0.420 e. The summed E-state index contributed by atoms with van der Waals surface area (Å²) in [5.41, 5.74) is -2.93. The van der Waals surface area contributed by atoms with Gasteiger partial charge in [-0.1, -0.05) is 0 Å². The number of hydrogen-bond acceptors (Lipinski definition) is 7. The van der Waals surface area contributed by atoms with E-state index in [-0.39, 0.29) is 0 Å². The number of esters is 1. The summed E-state index contributed by atoms with van der Waals surface area (Å²) in [6, 6.07) is -1.74. The van der Waals surface area contributed by atoms with Crippen LogP contribution in [0, 0.1) is 0 Å². The molecule has 0 aliphatic rings. The Balaban J connectivity index is 6.02. The molecule has 27 heavy (non-hydrogen) atoms. The Morgan fingerprint density at radius 3 is 1.33 bits per heavy atom. The first-order valence-electron chi connectivity index (χ1n) is 8.52. The molecule has 9 heteroatoms. The molecule has 2 amide bonds. The number of amides is 2. The summed E-state index contributed by atoms with van der Waals surface area (Å²) in [5, 5.41) is 9.17. The Bertz CT molecular complexity index is 550. The molecule has 0 aliphatic heterocycles. The minimum Gasteiger partial charge on any atom is -0.481 e. The monoisotopic (exact) mass is 389 g/mol. The topological polar surface area (TPSA) is 119 Å². The van der Waals surface area contributed by atoms with E-state index in [1.807, 2.05) is 0 Å². The quantitative estimate of drug-likeness (QED) is 0.574. The van der Waals surface area contributed by atoms with Crippen LogP contribution in [0.5, 0.6) is 0 Å². The van der Waals surface area contributed by atoms with Gasteiger partial charge in [-0.2, -0.15) is 4.90 Å². The number of carbonyl (C=O) groups excluding carboxylic acids is 3. The Hall–Kier alpha value is -2.32. The molecule has 9 nitrogen and oxygen atoms in total. The molecule has 0 radical (unpaired) electrons. The molecule has 0 saturated heterocycles. The Morgan fingerprint density at radius 1 is 0.741 bits per heavy atom. The van der Waals surface area contributed by atoms with Crippen LogP contribution in [0.3, 0.4) is 0 Å². The summed E-state index contributed by atoms with van der Waals surface area (Å²) in [4.78, 5) is 49.3. The molecule has 0 saturated carbocycles. The number of carboxylic acid groups (broad SMARTS) is 1. The molecule has 0 bridgehead atoms. The molecule has 0 aromatic rings. The van der Waals surface area contributed by atoms with Gasteiger partial charge in [0.2, 0.25) is 0 Å². The highest BCUT2D eigenvalue weighted by Crippen LogP contribution is 2.21. The van der Waals surface area contributed by atoms with Gasteiger partial charge in [-0.25, -0.2) is 14.4 Å². The number of carboxylic acids is 1. The van der Waals surface area contributed by atoms with Gasteiger partial charge in [-0.05, 0) is 62.3 Å². The van der Waals surface area contributed by atoms with Gasteiger partial charge in [-0.3, -0.25) is 4.79 Å². The van der Waals surface area contributed by atoms with Gasteiger partial charge in [0.05, 0.1) is 6.42 Å². The van der Waals surface area contributed by atoms with E-state index in [0.717, 1.165) is 0 Å². The van der Waals surface area contributed by atoms with Crippen molar-refractivity contribution < 1.29 is 38.5 Å². The molecule has 1 atom stereocenters. The van der Waals surface area contributed by atoms with E-state index >= 15 is 0 Å². The van der Waals surface area contributed by atoms with Crippen molar-refractivity contribution >= 4 is 24.1 Å². The van der Waals surface area contributed by atoms with Crippen molar-refractivity contribution in [1.29, 1.82) is 0 Å². The summed E-state index contributed by atoms with van der Waals surface area (Å²) in [6.07, 6.45) is -3.25. The van der Waals surface area contributed by atoms with Crippen LogP contribution in [0.1, 0.15) is 68.7 Å². The number of ether oxygens (including phenoxy) is 3. The highest BCUT2D eigenvalue weighted by molar-refractivity contribution is 5.95. The fourth-order valence-corrected chi connectivity index (χ4v) is 1.77. The zero-order chi connectivity index (χ0) is 21.8. The Kier molecular flexibility index (Phi) is 7.84. The summed E-state index contributed by atoms with van der Waals surface area (Å²) >= 11 is 0. The van der Waals surface area contributed by atoms with Crippen LogP contribution in [0.4, 0.5) is 9.59 Å². The first-order valence-corrected chi connectivity index (χ1v) is 8.52. The highest BCUT2D eigenvalue weighted by Gasteiger charge is 2.43. The van der Waals surface area contributed by atoms with Crippen molar-refractivity contribution in [3.8, 4) is 0 Å². The van der Waals surface area contributed by atoms with Gasteiger partial charge in [0, 0.05) is 0 Å². The average molecular weight is 389 g/mol. The molecule has 0 aromatic heterocycles. The van der Waals surface area contributed by atoms with E-state index in [4.69, 9.17) is 14.2 Å². The molecule has 1 N–H and O–H groups in total. The lowest BCUT2D eigenvalue weighted by Gasteiger charge is -2.33. The van der Waals surface area contributed by atoms with E-state index in [1.54, 1.807) is 62.3 Å². The van der Waals surface area contributed by atoms with Crippen LogP contribution >= 0.6 is 0 Å². The minimum atomic E-state index is -1.74. The predicted octanol–water partition coefficient (Wildman–Crippen LogP) is 3.34. The van der Waals surface area contributed by atoms with E-state index < -0.39 is 53.4 Å². The van der Waals surface area contributed by atoms with Gasteiger partial charge >= 0.3 is 24.1 Å². The third-order valence-electron chi connectivity index (χ3n) is 2.54. The lowest BCUT2D eigenvalue weighted by atomic mass is 10.1. The number of aliphatic carboxylic acids is 1. The molecular formula is C18H31NO8. The predicted molar refractivity (Wildman–Crippen MR) is 96.2 cm³/mol. The van der Waals surface area contributed by atoms with Gasteiger partial charge in [0.25, 0.3) is 0 Å². The lowest BCUT2D eigenvalue weighted by Crippen LogP contribution is -2.53. The SMILES string of the molecule is CC(C)(C)OC(=O)[C@H](CC(=O)O)N(C(=O)OC(C)(C)C)C(=O)OC(C)(C)C. The fraction of sp³-hybridized carbons (Fsp3) is 0.778. The second-order valence-corrected chi connectivity index (χ2v) is 8.98. The van der Waals surface area contributed by atoms with Crippen molar-refractivity contribution in [2.24, 2.45) is 0 Å². The summed E-state index contributed by atoms with van der Waals surface area (Å²) < 4.78 is 15.5. The van der Waals surface area contributed by atoms with Crippen molar-refractivity contribution in [2.75, 3.05) is 0 Å². The molecule has 0 fully saturated rings. The maximum Gasteiger partial charge on any atom is 0.420 e. The van der Waals surface area contributed by atoms with Crippen LogP contribution in [0.2, 0.25) is 0 Å². The molecule has 0 heterocycles. The standard InChI is InChI=1S/C18H31NO8/c1-16(2,3)25-13(22)11(10-12(20)21)19(14(23)26-17(4,5)6)15(24)27-18(7,8)9/h11H,10H2,1-9H3,(H,20,21)/t11-/m0/s1. The summed E-state index contributed by atoms with van der Waals surface area (Å²) in [6.45, 7) is 14.1. The molecular weight excluding hydrogens is 358 g/mol. The van der Waals surface area contributed by atoms with Crippen molar-refractivity contribution in [1.82, 2.24) is 4.90 Å². The fourth-order valence-electron chi connectivity index (χ4n) is 1.77. The van der Waals surface area contributed by atoms with Gasteiger partial charge < -0.3 is 19.3 Å². The van der Waals surface area contributed by atoms with E-state index in [9.17, 15) is 24.3 Å². The summed E-state index contributed by atoms with van der Waals surface area (Å²) in [5.74, 6) is -2.45. The number of rotatable bonds is 4. The first-order chi connectivity index (χ1) is 11.8. The molecule has 0 rings (SSSR count). The second-order valence-electron chi connectivity index (χ2n) is 8.98. The third-order valence-corrected chi connectivity index (χ3v) is 2.54. The van der Waals surface area contributed by atoms with E-state index in [0.29, 0.717) is 4.90 Å². The zero-order valence-corrected chi connectivity index (χ0v) is 17.5. The minimum absolute atomic E-state index is 0.360. The molecule has 0 aromatic carbocycles. The van der Waals surface area contributed by atoms with E-state index in [2.05, 4.69) is 0 Å².